The van der Waals surface area contributed by atoms with Gasteiger partial charge in [0.25, 0.3) is 0 Å². The molecule has 2 atom stereocenters. The van der Waals surface area contributed by atoms with Crippen molar-refractivity contribution >= 4 is 10.8 Å². The second kappa shape index (κ2) is 6.72. The minimum atomic E-state index is 0.418. The van der Waals surface area contributed by atoms with Gasteiger partial charge in [-0.2, -0.15) is 0 Å². The molecule has 0 aliphatic heterocycles. The van der Waals surface area contributed by atoms with E-state index in [-0.39, 0.29) is 0 Å². The monoisotopic (exact) mass is 255 g/mol. The van der Waals surface area contributed by atoms with Gasteiger partial charge in [-0.25, -0.2) is 0 Å². The average molecular weight is 255 g/mol. The van der Waals surface area contributed by atoms with Crippen LogP contribution in [-0.2, 0) is 0 Å². The minimum Gasteiger partial charge on any atom is -0.307 e. The van der Waals surface area contributed by atoms with E-state index in [2.05, 4.69) is 68.6 Å². The molecule has 0 aliphatic rings. The van der Waals surface area contributed by atoms with Crippen molar-refractivity contribution in [1.29, 1.82) is 0 Å². The molecule has 0 saturated carbocycles. The molecule has 19 heavy (non-hydrogen) atoms. The highest BCUT2D eigenvalue weighted by Gasteiger charge is 2.11. The Balaban J connectivity index is 2.14. The van der Waals surface area contributed by atoms with Crippen molar-refractivity contribution in [2.45, 2.75) is 52.1 Å². The number of hydrogen-bond donors (Lipinski definition) is 1. The molecule has 2 aromatic rings. The highest BCUT2D eigenvalue weighted by atomic mass is 14.9. The molecule has 0 saturated heterocycles. The van der Waals surface area contributed by atoms with E-state index in [1.54, 1.807) is 0 Å². The smallest absolute Gasteiger partial charge is 0.0294 e. The number of hydrogen-bond acceptors (Lipinski definition) is 1. The van der Waals surface area contributed by atoms with Crippen molar-refractivity contribution in [2.24, 2.45) is 0 Å². The minimum absolute atomic E-state index is 0.418. The molecule has 102 valence electrons. The first-order valence-corrected chi connectivity index (χ1v) is 7.49. The SMILES string of the molecule is CCCC(CC)NC(C)c1ccc2ccccc2c1. The first kappa shape index (κ1) is 14.1. The molecule has 2 unspecified atom stereocenters. The summed E-state index contributed by atoms with van der Waals surface area (Å²) in [4.78, 5) is 0. The van der Waals surface area contributed by atoms with Crippen LogP contribution in [0.15, 0.2) is 42.5 Å². The van der Waals surface area contributed by atoms with Gasteiger partial charge >= 0.3 is 0 Å². The fourth-order valence-corrected chi connectivity index (χ4v) is 2.68. The van der Waals surface area contributed by atoms with Crippen LogP contribution in [-0.4, -0.2) is 6.04 Å². The summed E-state index contributed by atoms with van der Waals surface area (Å²) in [7, 11) is 0. The van der Waals surface area contributed by atoms with Crippen LogP contribution in [0.1, 0.15) is 51.6 Å². The Bertz CT molecular complexity index is 518. The molecule has 0 aromatic heterocycles. The largest absolute Gasteiger partial charge is 0.307 e. The van der Waals surface area contributed by atoms with E-state index in [0.29, 0.717) is 12.1 Å². The summed E-state index contributed by atoms with van der Waals surface area (Å²) in [5, 5.41) is 6.40. The maximum Gasteiger partial charge on any atom is 0.0294 e. The van der Waals surface area contributed by atoms with Crippen LogP contribution >= 0.6 is 0 Å². The molecule has 0 aliphatic carbocycles. The maximum absolute atomic E-state index is 3.75. The second-order valence-electron chi connectivity index (χ2n) is 5.39. The Morgan fingerprint density at radius 3 is 2.42 bits per heavy atom. The van der Waals surface area contributed by atoms with Crippen LogP contribution < -0.4 is 5.32 Å². The van der Waals surface area contributed by atoms with Crippen molar-refractivity contribution in [1.82, 2.24) is 5.32 Å². The van der Waals surface area contributed by atoms with Crippen molar-refractivity contribution in [2.75, 3.05) is 0 Å². The fourth-order valence-electron chi connectivity index (χ4n) is 2.68. The van der Waals surface area contributed by atoms with Gasteiger partial charge in [0.15, 0.2) is 0 Å². The third kappa shape index (κ3) is 3.57. The normalized spacial score (nSPS) is 14.5. The molecule has 1 nitrogen and oxygen atoms in total. The van der Waals surface area contributed by atoms with Crippen molar-refractivity contribution in [3.05, 3.63) is 48.0 Å². The lowest BCUT2D eigenvalue weighted by atomic mass is 10.0. The summed E-state index contributed by atoms with van der Waals surface area (Å²) in [6, 6.07) is 16.4. The predicted octanol–water partition coefficient (Wildman–Crippen LogP) is 5.07. The van der Waals surface area contributed by atoms with E-state index in [4.69, 9.17) is 0 Å². The van der Waals surface area contributed by atoms with Crippen LogP contribution in [0.4, 0.5) is 0 Å². The van der Waals surface area contributed by atoms with Crippen molar-refractivity contribution < 1.29 is 0 Å². The molecule has 0 fully saturated rings. The number of rotatable bonds is 6. The summed E-state index contributed by atoms with van der Waals surface area (Å²) in [5.41, 5.74) is 1.38. The summed E-state index contributed by atoms with van der Waals surface area (Å²) < 4.78 is 0. The lowest BCUT2D eigenvalue weighted by molar-refractivity contribution is 0.417. The Labute approximate surface area is 117 Å². The molecule has 0 amide bonds. The molecular weight excluding hydrogens is 230 g/mol. The van der Waals surface area contributed by atoms with Gasteiger partial charge in [0.1, 0.15) is 0 Å². The summed E-state index contributed by atoms with van der Waals surface area (Å²) >= 11 is 0. The summed E-state index contributed by atoms with van der Waals surface area (Å²) in [6.07, 6.45) is 3.70. The van der Waals surface area contributed by atoms with Crippen LogP contribution in [0.3, 0.4) is 0 Å². The van der Waals surface area contributed by atoms with E-state index in [0.717, 1.165) is 0 Å². The second-order valence-corrected chi connectivity index (χ2v) is 5.39. The molecule has 2 rings (SSSR count). The van der Waals surface area contributed by atoms with Crippen molar-refractivity contribution in [3.63, 3.8) is 0 Å². The van der Waals surface area contributed by atoms with Gasteiger partial charge in [-0.05, 0) is 42.2 Å². The Morgan fingerprint density at radius 1 is 1.00 bits per heavy atom. The zero-order chi connectivity index (χ0) is 13.7. The van der Waals surface area contributed by atoms with Gasteiger partial charge in [-0.1, -0.05) is 56.7 Å². The lowest BCUT2D eigenvalue weighted by Gasteiger charge is -2.22. The van der Waals surface area contributed by atoms with Gasteiger partial charge in [0, 0.05) is 12.1 Å². The van der Waals surface area contributed by atoms with Gasteiger partial charge in [0.05, 0.1) is 0 Å². The molecule has 0 spiro atoms. The third-order valence-corrected chi connectivity index (χ3v) is 3.89. The molecular formula is C18H25N. The van der Waals surface area contributed by atoms with Crippen molar-refractivity contribution in [3.8, 4) is 0 Å². The summed E-state index contributed by atoms with van der Waals surface area (Å²) in [6.45, 7) is 6.79. The zero-order valence-corrected chi connectivity index (χ0v) is 12.3. The Kier molecular flexibility index (Phi) is 4.98. The zero-order valence-electron chi connectivity index (χ0n) is 12.3. The first-order chi connectivity index (χ1) is 9.24. The molecule has 0 bridgehead atoms. The summed E-state index contributed by atoms with van der Waals surface area (Å²) in [5.74, 6) is 0. The van der Waals surface area contributed by atoms with E-state index in [9.17, 15) is 0 Å². The van der Waals surface area contributed by atoms with Crippen LogP contribution in [0.5, 0.6) is 0 Å². The van der Waals surface area contributed by atoms with Gasteiger partial charge in [-0.15, -0.1) is 0 Å². The quantitative estimate of drug-likeness (QED) is 0.760. The van der Waals surface area contributed by atoms with Gasteiger partial charge in [0.2, 0.25) is 0 Å². The topological polar surface area (TPSA) is 12.0 Å². The van der Waals surface area contributed by atoms with Gasteiger partial charge in [-0.3, -0.25) is 0 Å². The van der Waals surface area contributed by atoms with E-state index >= 15 is 0 Å². The lowest BCUT2D eigenvalue weighted by Crippen LogP contribution is -2.30. The van der Waals surface area contributed by atoms with Crippen LogP contribution in [0, 0.1) is 0 Å². The Morgan fingerprint density at radius 2 is 1.74 bits per heavy atom. The molecule has 2 aromatic carbocycles. The van der Waals surface area contributed by atoms with E-state index in [1.165, 1.54) is 35.6 Å². The maximum atomic E-state index is 3.75. The number of nitrogens with one attached hydrogen (secondary N) is 1. The fraction of sp³-hybridized carbons (Fsp3) is 0.444. The predicted molar refractivity (Wildman–Crippen MR) is 84.5 cm³/mol. The number of fused-ring (bicyclic) bond motifs is 1. The molecule has 0 heterocycles. The number of benzene rings is 2. The van der Waals surface area contributed by atoms with Gasteiger partial charge < -0.3 is 5.32 Å². The average Bonchev–Trinajstić information content (AvgIpc) is 2.46. The highest BCUT2D eigenvalue weighted by molar-refractivity contribution is 5.83. The highest BCUT2D eigenvalue weighted by Crippen LogP contribution is 2.21. The Hall–Kier alpha value is -1.34. The molecule has 1 heteroatoms. The standard InChI is InChI=1S/C18H25N/c1-4-8-18(5-2)19-14(3)16-12-11-15-9-6-7-10-17(15)13-16/h6-7,9-14,18-19H,4-5,8H2,1-3H3. The van der Waals surface area contributed by atoms with Crippen LogP contribution in [0.2, 0.25) is 0 Å². The first-order valence-electron chi connectivity index (χ1n) is 7.49. The molecule has 1 N–H and O–H groups in total. The third-order valence-electron chi connectivity index (χ3n) is 3.89. The van der Waals surface area contributed by atoms with E-state index in [1.807, 2.05) is 0 Å². The van der Waals surface area contributed by atoms with E-state index < -0.39 is 0 Å². The molecule has 0 radical (unpaired) electrons. The van der Waals surface area contributed by atoms with Crippen LogP contribution in [0.25, 0.3) is 10.8 Å².